The van der Waals surface area contributed by atoms with Crippen molar-refractivity contribution >= 4 is 5.91 Å². The molecule has 3 heteroatoms. The quantitative estimate of drug-likeness (QED) is 0.539. The van der Waals surface area contributed by atoms with Gasteiger partial charge in [0.2, 0.25) is 5.91 Å². The summed E-state index contributed by atoms with van der Waals surface area (Å²) in [6, 6.07) is -0.130. The van der Waals surface area contributed by atoms with Gasteiger partial charge in [-0.3, -0.25) is 4.79 Å². The topological polar surface area (TPSA) is 41.1 Å². The van der Waals surface area contributed by atoms with E-state index in [1.54, 1.807) is 0 Å². The zero-order valence-corrected chi connectivity index (χ0v) is 10.6. The molecule has 0 aromatic rings. The smallest absolute Gasteiger partial charge is 0.237 e. The molecule has 3 nitrogen and oxygen atoms in total. The summed E-state index contributed by atoms with van der Waals surface area (Å²) in [4.78, 5) is 11.6. The van der Waals surface area contributed by atoms with Crippen molar-refractivity contribution in [2.75, 3.05) is 6.54 Å². The third-order valence-corrected chi connectivity index (χ3v) is 1.89. The van der Waals surface area contributed by atoms with Crippen LogP contribution in [0, 0.1) is 0 Å². The van der Waals surface area contributed by atoms with E-state index in [2.05, 4.69) is 16.7 Å². The van der Waals surface area contributed by atoms with Gasteiger partial charge in [-0.25, -0.2) is 0 Å². The first kappa shape index (κ1) is 14.2. The van der Waals surface area contributed by atoms with Gasteiger partial charge in [-0.15, -0.1) is 0 Å². The first-order valence-corrected chi connectivity index (χ1v) is 5.53. The van der Waals surface area contributed by atoms with Crippen molar-refractivity contribution in [1.82, 2.24) is 10.6 Å². The summed E-state index contributed by atoms with van der Waals surface area (Å²) in [5.41, 5.74) is -0.156. The van der Waals surface area contributed by atoms with Crippen molar-refractivity contribution < 1.29 is 4.79 Å². The highest BCUT2D eigenvalue weighted by molar-refractivity contribution is 5.81. The molecule has 0 aliphatic carbocycles. The van der Waals surface area contributed by atoms with Crippen LogP contribution in [0.5, 0.6) is 0 Å². The minimum absolute atomic E-state index is 0.0583. The van der Waals surface area contributed by atoms with Crippen LogP contribution >= 0.6 is 0 Å². The molecule has 0 aromatic heterocycles. The predicted molar refractivity (Wildman–Crippen MR) is 64.8 cm³/mol. The molecule has 0 saturated heterocycles. The second-order valence-corrected chi connectivity index (χ2v) is 4.77. The molecule has 0 aromatic carbocycles. The number of rotatable bonds is 5. The van der Waals surface area contributed by atoms with Crippen molar-refractivity contribution in [1.29, 1.82) is 0 Å². The predicted octanol–water partition coefficient (Wildman–Crippen LogP) is 1.85. The molecule has 0 saturated carbocycles. The molecule has 0 fully saturated rings. The van der Waals surface area contributed by atoms with Crippen molar-refractivity contribution in [2.45, 2.75) is 52.6 Å². The zero-order chi connectivity index (χ0) is 11.9. The molecule has 0 radical (unpaired) electrons. The summed E-state index contributed by atoms with van der Waals surface area (Å²) in [7, 11) is 0. The summed E-state index contributed by atoms with van der Waals surface area (Å²) in [5.74, 6) is 0.0583. The Balaban J connectivity index is 3.79. The zero-order valence-electron chi connectivity index (χ0n) is 10.6. The van der Waals surface area contributed by atoms with Gasteiger partial charge in [0.25, 0.3) is 0 Å². The van der Waals surface area contributed by atoms with Crippen LogP contribution in [0.25, 0.3) is 0 Å². The van der Waals surface area contributed by atoms with Gasteiger partial charge < -0.3 is 10.6 Å². The summed E-state index contributed by atoms with van der Waals surface area (Å²) in [6.07, 6.45) is 5.06. The molecule has 0 heterocycles. The van der Waals surface area contributed by atoms with E-state index in [4.69, 9.17) is 0 Å². The Morgan fingerprint density at radius 2 is 2.00 bits per heavy atom. The van der Waals surface area contributed by atoms with Crippen LogP contribution in [0.2, 0.25) is 0 Å². The first-order chi connectivity index (χ1) is 6.87. The molecular weight excluding hydrogens is 188 g/mol. The van der Waals surface area contributed by atoms with Gasteiger partial charge in [0.15, 0.2) is 0 Å². The third-order valence-electron chi connectivity index (χ3n) is 1.89. The van der Waals surface area contributed by atoms with E-state index in [-0.39, 0.29) is 17.5 Å². The Bertz CT molecular complexity index is 216. The van der Waals surface area contributed by atoms with Gasteiger partial charge in [-0.2, -0.15) is 0 Å². The minimum atomic E-state index is -0.156. The Hall–Kier alpha value is -0.830. The van der Waals surface area contributed by atoms with Gasteiger partial charge in [0.05, 0.1) is 6.04 Å². The van der Waals surface area contributed by atoms with E-state index >= 15 is 0 Å². The van der Waals surface area contributed by atoms with Gasteiger partial charge in [0, 0.05) is 5.54 Å². The lowest BCUT2D eigenvalue weighted by atomic mass is 10.1. The molecule has 0 spiro atoms. The Morgan fingerprint density at radius 1 is 1.40 bits per heavy atom. The van der Waals surface area contributed by atoms with Crippen LogP contribution in [0.4, 0.5) is 0 Å². The van der Waals surface area contributed by atoms with Gasteiger partial charge in [0.1, 0.15) is 0 Å². The van der Waals surface area contributed by atoms with Crippen LogP contribution in [0.3, 0.4) is 0 Å². The lowest BCUT2D eigenvalue weighted by Crippen LogP contribution is -2.49. The maximum absolute atomic E-state index is 11.6. The first-order valence-electron chi connectivity index (χ1n) is 5.53. The summed E-state index contributed by atoms with van der Waals surface area (Å²) in [6.45, 7) is 10.7. The van der Waals surface area contributed by atoms with Crippen LogP contribution in [0.15, 0.2) is 12.2 Å². The maximum atomic E-state index is 11.6. The Morgan fingerprint density at radius 3 is 2.47 bits per heavy atom. The van der Waals surface area contributed by atoms with Crippen LogP contribution < -0.4 is 10.6 Å². The van der Waals surface area contributed by atoms with Crippen molar-refractivity contribution in [2.24, 2.45) is 0 Å². The lowest BCUT2D eigenvalue weighted by molar-refractivity contribution is -0.124. The summed E-state index contributed by atoms with van der Waals surface area (Å²) >= 11 is 0. The lowest BCUT2D eigenvalue weighted by Gasteiger charge is -2.23. The number of hydrogen-bond donors (Lipinski definition) is 2. The fourth-order valence-corrected chi connectivity index (χ4v) is 1.12. The van der Waals surface area contributed by atoms with Gasteiger partial charge in [-0.05, 0) is 47.6 Å². The second kappa shape index (κ2) is 6.62. The summed E-state index contributed by atoms with van der Waals surface area (Å²) in [5, 5.41) is 6.12. The van der Waals surface area contributed by atoms with E-state index in [0.29, 0.717) is 0 Å². The number of carbonyl (C=O) groups excluding carboxylic acids is 1. The summed E-state index contributed by atoms with van der Waals surface area (Å²) < 4.78 is 0. The molecule has 0 bridgehead atoms. The molecular formula is C12H24N2O. The van der Waals surface area contributed by atoms with Crippen LogP contribution in [-0.4, -0.2) is 24.0 Å². The maximum Gasteiger partial charge on any atom is 0.237 e. The second-order valence-electron chi connectivity index (χ2n) is 4.77. The number of allylic oxidation sites excluding steroid dienone is 1. The Kier molecular flexibility index (Phi) is 6.25. The standard InChI is InChI=1S/C12H24N2O/c1-6-7-8-9-13-10(2)11(15)14-12(3,4)5/h6-7,10,13H,8-9H2,1-5H3,(H,14,15)/b7-6+. The third kappa shape index (κ3) is 8.18. The number of amides is 1. The molecule has 1 atom stereocenters. The van der Waals surface area contributed by atoms with E-state index in [1.807, 2.05) is 40.7 Å². The van der Waals surface area contributed by atoms with Gasteiger partial charge in [-0.1, -0.05) is 12.2 Å². The fourth-order valence-electron chi connectivity index (χ4n) is 1.12. The number of carbonyl (C=O) groups is 1. The van der Waals surface area contributed by atoms with E-state index < -0.39 is 0 Å². The molecule has 0 aliphatic heterocycles. The van der Waals surface area contributed by atoms with E-state index in [9.17, 15) is 4.79 Å². The number of nitrogens with one attached hydrogen (secondary N) is 2. The average Bonchev–Trinajstić information content (AvgIpc) is 2.09. The molecule has 1 unspecified atom stereocenters. The van der Waals surface area contributed by atoms with Gasteiger partial charge >= 0.3 is 0 Å². The van der Waals surface area contributed by atoms with Crippen molar-refractivity contribution in [3.8, 4) is 0 Å². The molecule has 1 amide bonds. The highest BCUT2D eigenvalue weighted by atomic mass is 16.2. The fraction of sp³-hybridized carbons (Fsp3) is 0.750. The van der Waals surface area contributed by atoms with Crippen LogP contribution in [-0.2, 0) is 4.79 Å². The highest BCUT2D eigenvalue weighted by Crippen LogP contribution is 1.99. The minimum Gasteiger partial charge on any atom is -0.350 e. The van der Waals surface area contributed by atoms with E-state index in [1.165, 1.54) is 0 Å². The molecule has 0 aliphatic rings. The normalized spacial score (nSPS) is 14.2. The average molecular weight is 212 g/mol. The molecule has 0 rings (SSSR count). The van der Waals surface area contributed by atoms with Crippen molar-refractivity contribution in [3.05, 3.63) is 12.2 Å². The monoisotopic (exact) mass is 212 g/mol. The Labute approximate surface area is 93.3 Å². The SMILES string of the molecule is C/C=C/CCNC(C)C(=O)NC(C)(C)C. The number of hydrogen-bond acceptors (Lipinski definition) is 2. The molecule has 15 heavy (non-hydrogen) atoms. The highest BCUT2D eigenvalue weighted by Gasteiger charge is 2.18. The van der Waals surface area contributed by atoms with E-state index in [0.717, 1.165) is 13.0 Å². The van der Waals surface area contributed by atoms with Crippen LogP contribution in [0.1, 0.15) is 41.0 Å². The molecule has 88 valence electrons. The molecule has 2 N–H and O–H groups in total. The van der Waals surface area contributed by atoms with Crippen molar-refractivity contribution in [3.63, 3.8) is 0 Å². The largest absolute Gasteiger partial charge is 0.350 e.